The number of H-pyrrole nitrogens is 1. The number of ether oxygens (including phenoxy) is 1. The number of rotatable bonds is 8. The fraction of sp³-hybridized carbons (Fsp3) is 0.136. The van der Waals surface area contributed by atoms with E-state index in [2.05, 4.69) is 15.6 Å². The van der Waals surface area contributed by atoms with Crippen LogP contribution < -0.4 is 21.1 Å². The molecule has 0 aliphatic heterocycles. The van der Waals surface area contributed by atoms with Crippen molar-refractivity contribution in [2.45, 2.75) is 12.8 Å². The maximum Gasteiger partial charge on any atom is 0.323 e. The summed E-state index contributed by atoms with van der Waals surface area (Å²) in [6, 6.07) is 13.3. The molecule has 0 fully saturated rings. The minimum absolute atomic E-state index is 0.0752. The number of nitrogens with two attached hydrogens (primary N) is 1. The van der Waals surface area contributed by atoms with Crippen molar-refractivity contribution >= 4 is 29.3 Å². The van der Waals surface area contributed by atoms with Crippen LogP contribution in [0, 0.1) is 0 Å². The highest BCUT2D eigenvalue weighted by molar-refractivity contribution is 6.01. The fourth-order valence-electron chi connectivity index (χ4n) is 3.12. The number of nitrogens with one attached hydrogen (secondary N) is 3. The number of anilines is 2. The molecule has 0 saturated heterocycles. The number of amides is 3. The number of carbonyl (C=O) groups excluding carboxylic acids is 2. The molecule has 31 heavy (non-hydrogen) atoms. The summed E-state index contributed by atoms with van der Waals surface area (Å²) in [5, 5.41) is 14.4. The predicted octanol–water partition coefficient (Wildman–Crippen LogP) is 3.45. The summed E-state index contributed by atoms with van der Waals surface area (Å²) in [5.74, 6) is -0.891. The van der Waals surface area contributed by atoms with Gasteiger partial charge in [0, 0.05) is 29.6 Å². The van der Waals surface area contributed by atoms with E-state index < -0.39 is 17.9 Å². The van der Waals surface area contributed by atoms with Crippen molar-refractivity contribution in [2.75, 3.05) is 17.7 Å². The van der Waals surface area contributed by atoms with Gasteiger partial charge in [0.15, 0.2) is 0 Å². The Hall–Kier alpha value is -4.27. The van der Waals surface area contributed by atoms with Gasteiger partial charge in [-0.15, -0.1) is 0 Å². The maximum atomic E-state index is 12.2. The molecular formula is C22H22N4O5. The van der Waals surface area contributed by atoms with E-state index in [0.717, 1.165) is 0 Å². The highest BCUT2D eigenvalue weighted by atomic mass is 16.5. The Labute approximate surface area is 178 Å². The molecule has 9 nitrogen and oxygen atoms in total. The smallest absolute Gasteiger partial charge is 0.323 e. The molecule has 3 aromatic rings. The lowest BCUT2D eigenvalue weighted by Gasteiger charge is -2.10. The number of carboxylic acids is 1. The predicted molar refractivity (Wildman–Crippen MR) is 116 cm³/mol. The molecule has 160 valence electrons. The number of carboxylic acid groups (broad SMARTS) is 1. The number of aromatic amines is 1. The molecule has 6 N–H and O–H groups in total. The fourth-order valence-corrected chi connectivity index (χ4v) is 3.12. The first-order valence-electron chi connectivity index (χ1n) is 9.41. The topological polar surface area (TPSA) is 147 Å². The zero-order valence-corrected chi connectivity index (χ0v) is 16.8. The summed E-state index contributed by atoms with van der Waals surface area (Å²) in [7, 11) is 1.56. The molecule has 0 saturated carbocycles. The molecule has 0 radical (unpaired) electrons. The van der Waals surface area contributed by atoms with E-state index in [9.17, 15) is 14.4 Å². The van der Waals surface area contributed by atoms with E-state index in [0.29, 0.717) is 33.8 Å². The molecule has 0 unspecified atom stereocenters. The van der Waals surface area contributed by atoms with Crippen molar-refractivity contribution in [3.8, 4) is 16.9 Å². The normalized spacial score (nSPS) is 10.4. The minimum Gasteiger partial charge on any atom is -0.497 e. The third-order valence-corrected chi connectivity index (χ3v) is 4.60. The van der Waals surface area contributed by atoms with Gasteiger partial charge in [-0.25, -0.2) is 4.79 Å². The maximum absolute atomic E-state index is 12.2. The van der Waals surface area contributed by atoms with Crippen LogP contribution in [0.4, 0.5) is 16.2 Å². The molecule has 0 spiro atoms. The van der Waals surface area contributed by atoms with E-state index in [1.165, 1.54) is 0 Å². The van der Waals surface area contributed by atoms with Gasteiger partial charge in [0.1, 0.15) is 11.4 Å². The average molecular weight is 422 g/mol. The van der Waals surface area contributed by atoms with Crippen LogP contribution in [0.1, 0.15) is 22.5 Å². The van der Waals surface area contributed by atoms with Gasteiger partial charge in [0.2, 0.25) is 0 Å². The second kappa shape index (κ2) is 9.49. The first-order valence-corrected chi connectivity index (χ1v) is 9.41. The largest absolute Gasteiger partial charge is 0.497 e. The molecule has 2 aromatic carbocycles. The van der Waals surface area contributed by atoms with Gasteiger partial charge in [-0.1, -0.05) is 12.1 Å². The van der Waals surface area contributed by atoms with Crippen LogP contribution in [0.5, 0.6) is 5.75 Å². The standard InChI is InChI=1S/C22H22N4O5/c1-31-17-9-7-16(8-10-17)26-22(30)25-15-5-2-13(3-6-15)19-14(4-11-18(27)28)12-24-20(19)21(23)29/h2-3,5-10,12,24H,4,11H2,1H3,(H2,23,29)(H,27,28)(H2,25,26,30). The van der Waals surface area contributed by atoms with Gasteiger partial charge in [0.05, 0.1) is 7.11 Å². The molecule has 0 aliphatic carbocycles. The molecule has 0 bridgehead atoms. The number of urea groups is 1. The van der Waals surface area contributed by atoms with Crippen molar-refractivity contribution in [3.05, 3.63) is 66.0 Å². The first kappa shape index (κ1) is 21.4. The lowest BCUT2D eigenvalue weighted by atomic mass is 9.98. The molecule has 1 heterocycles. The molecule has 0 atom stereocenters. The lowest BCUT2D eigenvalue weighted by Crippen LogP contribution is -2.19. The summed E-state index contributed by atoms with van der Waals surface area (Å²) in [5.41, 5.74) is 8.71. The highest BCUT2D eigenvalue weighted by Crippen LogP contribution is 2.30. The molecular weight excluding hydrogens is 400 g/mol. The zero-order valence-electron chi connectivity index (χ0n) is 16.8. The van der Waals surface area contributed by atoms with Gasteiger partial charge in [0.25, 0.3) is 5.91 Å². The van der Waals surface area contributed by atoms with Crippen molar-refractivity contribution < 1.29 is 24.2 Å². The number of primary amides is 1. The van der Waals surface area contributed by atoms with Crippen molar-refractivity contribution in [2.24, 2.45) is 5.73 Å². The Morgan fingerprint density at radius 1 is 1.00 bits per heavy atom. The van der Waals surface area contributed by atoms with Crippen molar-refractivity contribution in [3.63, 3.8) is 0 Å². The molecule has 3 amide bonds. The van der Waals surface area contributed by atoms with Crippen LogP contribution in [-0.4, -0.2) is 35.1 Å². The molecule has 9 heteroatoms. The van der Waals surface area contributed by atoms with Gasteiger partial charge in [-0.2, -0.15) is 0 Å². The summed E-state index contributed by atoms with van der Waals surface area (Å²) >= 11 is 0. The molecule has 3 rings (SSSR count). The van der Waals surface area contributed by atoms with Crippen molar-refractivity contribution in [1.82, 2.24) is 4.98 Å². The SMILES string of the molecule is COc1ccc(NC(=O)Nc2ccc(-c3c(CCC(=O)O)c[nH]c3C(N)=O)cc2)cc1. The highest BCUT2D eigenvalue weighted by Gasteiger charge is 2.18. The lowest BCUT2D eigenvalue weighted by molar-refractivity contribution is -0.136. The number of aliphatic carboxylic acids is 1. The van der Waals surface area contributed by atoms with E-state index in [1.807, 2.05) is 0 Å². The van der Waals surface area contributed by atoms with E-state index in [1.54, 1.807) is 61.8 Å². The number of benzene rings is 2. The van der Waals surface area contributed by atoms with Crippen LogP contribution in [-0.2, 0) is 11.2 Å². The summed E-state index contributed by atoms with van der Waals surface area (Å²) in [4.78, 5) is 37.7. The van der Waals surface area contributed by atoms with E-state index in [4.69, 9.17) is 15.6 Å². The second-order valence-electron chi connectivity index (χ2n) is 6.71. The van der Waals surface area contributed by atoms with Crippen LogP contribution in [0.3, 0.4) is 0 Å². The number of methoxy groups -OCH3 is 1. The zero-order chi connectivity index (χ0) is 22.4. The summed E-state index contributed by atoms with van der Waals surface area (Å²) in [6.45, 7) is 0. The van der Waals surface area contributed by atoms with Gasteiger partial charge < -0.3 is 31.2 Å². The number of aryl methyl sites for hydroxylation is 1. The Bertz CT molecular complexity index is 1090. The van der Waals surface area contributed by atoms with Crippen LogP contribution in [0.2, 0.25) is 0 Å². The number of carbonyl (C=O) groups is 3. The molecule has 1 aromatic heterocycles. The average Bonchev–Trinajstić information content (AvgIpc) is 3.17. The third kappa shape index (κ3) is 5.41. The Kier molecular flexibility index (Phi) is 6.56. The third-order valence-electron chi connectivity index (χ3n) is 4.60. The van der Waals surface area contributed by atoms with Crippen LogP contribution in [0.25, 0.3) is 11.1 Å². The van der Waals surface area contributed by atoms with Gasteiger partial charge >= 0.3 is 12.0 Å². The molecule has 0 aliphatic rings. The quantitative estimate of drug-likeness (QED) is 0.377. The summed E-state index contributed by atoms with van der Waals surface area (Å²) < 4.78 is 5.08. The van der Waals surface area contributed by atoms with Gasteiger partial charge in [-0.3, -0.25) is 9.59 Å². The van der Waals surface area contributed by atoms with Gasteiger partial charge in [-0.05, 0) is 53.9 Å². The first-order chi connectivity index (χ1) is 14.9. The van der Waals surface area contributed by atoms with Crippen molar-refractivity contribution in [1.29, 1.82) is 0 Å². The monoisotopic (exact) mass is 422 g/mol. The summed E-state index contributed by atoms with van der Waals surface area (Å²) in [6.07, 6.45) is 1.76. The Balaban J connectivity index is 1.73. The Morgan fingerprint density at radius 2 is 1.58 bits per heavy atom. The Morgan fingerprint density at radius 3 is 2.10 bits per heavy atom. The number of hydrogen-bond donors (Lipinski definition) is 5. The van der Waals surface area contributed by atoms with Crippen LogP contribution in [0.15, 0.2) is 54.7 Å². The van der Waals surface area contributed by atoms with E-state index >= 15 is 0 Å². The minimum atomic E-state index is -0.935. The van der Waals surface area contributed by atoms with Crippen LogP contribution >= 0.6 is 0 Å². The number of hydrogen-bond acceptors (Lipinski definition) is 4. The second-order valence-corrected chi connectivity index (χ2v) is 6.71. The van der Waals surface area contributed by atoms with E-state index in [-0.39, 0.29) is 18.5 Å². The number of aromatic nitrogens is 1.